The lowest BCUT2D eigenvalue weighted by atomic mass is 9.92. The fourth-order valence-corrected chi connectivity index (χ4v) is 7.24. The molecule has 3 aromatic carbocycles. The molecule has 0 radical (unpaired) electrons. The highest BCUT2D eigenvalue weighted by molar-refractivity contribution is 7.89. The fourth-order valence-electron chi connectivity index (χ4n) is 5.85. The summed E-state index contributed by atoms with van der Waals surface area (Å²) in [6, 6.07) is 20.6. The van der Waals surface area contributed by atoms with E-state index >= 15 is 0 Å². The summed E-state index contributed by atoms with van der Waals surface area (Å²) >= 11 is 0. The summed E-state index contributed by atoms with van der Waals surface area (Å²) in [7, 11) is -3.72. The van der Waals surface area contributed by atoms with Crippen LogP contribution in [0.15, 0.2) is 84.3 Å². The number of imidazole rings is 1. The summed E-state index contributed by atoms with van der Waals surface area (Å²) in [4.78, 5) is 13.8. The number of benzene rings is 3. The molecule has 7 rings (SSSR count). The van der Waals surface area contributed by atoms with Gasteiger partial charge >= 0.3 is 0 Å². The van der Waals surface area contributed by atoms with Gasteiger partial charge in [-0.2, -0.15) is 4.31 Å². The molecule has 0 bridgehead atoms. The third-order valence-corrected chi connectivity index (χ3v) is 9.99. The number of sulfonamides is 1. The van der Waals surface area contributed by atoms with Crippen molar-refractivity contribution in [3.8, 4) is 22.4 Å². The zero-order chi connectivity index (χ0) is 29.9. The number of aliphatic hydroxyl groups is 3. The summed E-state index contributed by atoms with van der Waals surface area (Å²) < 4.78 is 35.8. The standard InChI is InChI=1S/C31H29N5O6S/c1-18-7-9-22(10-8-18)43(40,41)35-13-20-11-23(19-5-3-2-4-6-19)24(12-21(20)14-35)26-27-30(33-16-32-26)36(17-34-27)31-29(39)28(38)25(15-37)42-31/h2-12,16-17,25,28-29,31,37-39H,13-15H2,1H3/t25-,28-,29-,31-/m1/s1. The monoisotopic (exact) mass is 599 g/mol. The maximum Gasteiger partial charge on any atom is 0.243 e. The molecule has 0 aliphatic carbocycles. The van der Waals surface area contributed by atoms with E-state index in [1.54, 1.807) is 24.3 Å². The molecule has 43 heavy (non-hydrogen) atoms. The van der Waals surface area contributed by atoms with Crippen LogP contribution in [0.2, 0.25) is 0 Å². The Morgan fingerprint density at radius 1 is 0.907 bits per heavy atom. The number of nitrogens with zero attached hydrogens (tertiary/aromatic N) is 5. The molecule has 0 saturated carbocycles. The maximum atomic E-state index is 13.5. The average Bonchev–Trinajstić information content (AvgIpc) is 3.72. The van der Waals surface area contributed by atoms with Crippen LogP contribution in [0.3, 0.4) is 0 Å². The molecule has 1 saturated heterocycles. The molecule has 2 aliphatic rings. The van der Waals surface area contributed by atoms with Crippen molar-refractivity contribution in [2.75, 3.05) is 6.61 Å². The number of hydrogen-bond donors (Lipinski definition) is 3. The van der Waals surface area contributed by atoms with Crippen molar-refractivity contribution >= 4 is 21.2 Å². The van der Waals surface area contributed by atoms with Crippen LogP contribution in [0.1, 0.15) is 22.9 Å². The van der Waals surface area contributed by atoms with Crippen LogP contribution < -0.4 is 0 Å². The fraction of sp³-hybridized carbons (Fsp3) is 0.258. The number of aromatic nitrogens is 4. The van der Waals surface area contributed by atoms with Gasteiger partial charge in [-0.15, -0.1) is 0 Å². The average molecular weight is 600 g/mol. The van der Waals surface area contributed by atoms with Crippen molar-refractivity contribution in [3.05, 3.63) is 96.1 Å². The molecule has 0 spiro atoms. The number of rotatable bonds is 6. The minimum atomic E-state index is -3.72. The molecule has 0 amide bonds. The number of ether oxygens (including phenoxy) is 1. The molecule has 2 aliphatic heterocycles. The van der Waals surface area contributed by atoms with E-state index < -0.39 is 41.2 Å². The lowest BCUT2D eigenvalue weighted by molar-refractivity contribution is -0.0511. The predicted molar refractivity (Wildman–Crippen MR) is 157 cm³/mol. The van der Waals surface area contributed by atoms with Gasteiger partial charge in [0, 0.05) is 18.7 Å². The number of aryl methyl sites for hydroxylation is 1. The summed E-state index contributed by atoms with van der Waals surface area (Å²) in [5.41, 5.74) is 6.63. The van der Waals surface area contributed by atoms with Crippen LogP contribution in [-0.4, -0.2) is 72.5 Å². The Hall–Kier alpha value is -4.04. The van der Waals surface area contributed by atoms with Gasteiger partial charge in [-0.3, -0.25) is 4.57 Å². The normalized spacial score (nSPS) is 22.3. The third kappa shape index (κ3) is 4.63. The smallest absolute Gasteiger partial charge is 0.243 e. The van der Waals surface area contributed by atoms with E-state index in [0.29, 0.717) is 16.9 Å². The van der Waals surface area contributed by atoms with Crippen LogP contribution in [0.25, 0.3) is 33.5 Å². The zero-order valence-electron chi connectivity index (χ0n) is 23.1. The minimum Gasteiger partial charge on any atom is -0.394 e. The number of fused-ring (bicyclic) bond motifs is 2. The van der Waals surface area contributed by atoms with Crippen LogP contribution in [0.5, 0.6) is 0 Å². The van der Waals surface area contributed by atoms with Crippen molar-refractivity contribution in [3.63, 3.8) is 0 Å². The maximum absolute atomic E-state index is 13.5. The van der Waals surface area contributed by atoms with Crippen molar-refractivity contribution < 1.29 is 28.5 Å². The molecule has 11 nitrogen and oxygen atoms in total. The molecule has 5 aromatic rings. The Balaban J connectivity index is 1.33. The van der Waals surface area contributed by atoms with Crippen LogP contribution >= 0.6 is 0 Å². The molecule has 3 N–H and O–H groups in total. The van der Waals surface area contributed by atoms with E-state index in [1.807, 2.05) is 49.4 Å². The van der Waals surface area contributed by atoms with Gasteiger partial charge in [0.25, 0.3) is 0 Å². The Kier molecular flexibility index (Phi) is 6.84. The van der Waals surface area contributed by atoms with Gasteiger partial charge < -0.3 is 20.1 Å². The quantitative estimate of drug-likeness (QED) is 0.268. The molecule has 220 valence electrons. The topological polar surface area (TPSA) is 151 Å². The van der Waals surface area contributed by atoms with E-state index in [-0.39, 0.29) is 18.0 Å². The molecule has 12 heteroatoms. The van der Waals surface area contributed by atoms with Gasteiger partial charge in [0.1, 0.15) is 35.8 Å². The highest BCUT2D eigenvalue weighted by atomic mass is 32.2. The second-order valence-corrected chi connectivity index (χ2v) is 12.8. The first-order valence-corrected chi connectivity index (χ1v) is 15.3. The van der Waals surface area contributed by atoms with Gasteiger partial charge in [0.15, 0.2) is 11.9 Å². The summed E-state index contributed by atoms with van der Waals surface area (Å²) in [5.74, 6) is 0. The van der Waals surface area contributed by atoms with Gasteiger partial charge in [-0.1, -0.05) is 48.0 Å². The largest absolute Gasteiger partial charge is 0.394 e. The van der Waals surface area contributed by atoms with Gasteiger partial charge in [0.2, 0.25) is 10.0 Å². The lowest BCUT2D eigenvalue weighted by Gasteiger charge is -2.17. The van der Waals surface area contributed by atoms with E-state index in [0.717, 1.165) is 33.4 Å². The number of hydrogen-bond acceptors (Lipinski definition) is 9. The van der Waals surface area contributed by atoms with Crippen molar-refractivity contribution in [2.24, 2.45) is 0 Å². The zero-order valence-corrected chi connectivity index (χ0v) is 24.0. The van der Waals surface area contributed by atoms with E-state index in [4.69, 9.17) is 4.74 Å². The van der Waals surface area contributed by atoms with Crippen molar-refractivity contribution in [1.82, 2.24) is 23.8 Å². The molecule has 4 heterocycles. The second-order valence-electron chi connectivity index (χ2n) is 10.9. The molecule has 2 aromatic heterocycles. The van der Waals surface area contributed by atoms with Gasteiger partial charge in [0.05, 0.1) is 17.8 Å². The summed E-state index contributed by atoms with van der Waals surface area (Å²) in [6.07, 6.45) is -1.65. The molecule has 4 atom stereocenters. The van der Waals surface area contributed by atoms with Crippen LogP contribution in [-0.2, 0) is 27.8 Å². The Bertz CT molecular complexity index is 1930. The first-order valence-electron chi connectivity index (χ1n) is 13.8. The van der Waals surface area contributed by atoms with Crippen molar-refractivity contribution in [1.29, 1.82) is 0 Å². The summed E-state index contributed by atoms with van der Waals surface area (Å²) in [6.45, 7) is 1.91. The molecular formula is C31H29N5O6S. The number of aliphatic hydroxyl groups excluding tert-OH is 3. The molecule has 0 unspecified atom stereocenters. The van der Waals surface area contributed by atoms with Crippen molar-refractivity contribution in [2.45, 2.75) is 49.4 Å². The van der Waals surface area contributed by atoms with E-state index in [2.05, 4.69) is 15.0 Å². The first kappa shape index (κ1) is 27.8. The minimum absolute atomic E-state index is 0.207. The predicted octanol–water partition coefficient (Wildman–Crippen LogP) is 2.78. The second kappa shape index (κ2) is 10.6. The molecule has 1 fully saturated rings. The molecular weight excluding hydrogens is 570 g/mol. The highest BCUT2D eigenvalue weighted by Crippen LogP contribution is 2.40. The first-order chi connectivity index (χ1) is 20.8. The lowest BCUT2D eigenvalue weighted by Crippen LogP contribution is -2.33. The highest BCUT2D eigenvalue weighted by Gasteiger charge is 2.44. The van der Waals surface area contributed by atoms with Crippen LogP contribution in [0.4, 0.5) is 0 Å². The van der Waals surface area contributed by atoms with Crippen LogP contribution in [0, 0.1) is 6.92 Å². The SMILES string of the molecule is Cc1ccc(S(=O)(=O)N2Cc3cc(-c4ccccc4)c(-c4ncnc5c4ncn5[C@@H]4O[C@H](CO)[C@@H](O)[C@H]4O)cc3C2)cc1. The Morgan fingerprint density at radius 2 is 1.60 bits per heavy atom. The van der Waals surface area contributed by atoms with E-state index in [9.17, 15) is 23.7 Å². The van der Waals surface area contributed by atoms with E-state index in [1.165, 1.54) is 21.5 Å². The third-order valence-electron chi connectivity index (χ3n) is 8.18. The Labute approximate surface area is 247 Å². The Morgan fingerprint density at radius 3 is 2.28 bits per heavy atom. The van der Waals surface area contributed by atoms with Gasteiger partial charge in [-0.25, -0.2) is 23.4 Å². The summed E-state index contributed by atoms with van der Waals surface area (Å²) in [5, 5.41) is 30.5. The van der Waals surface area contributed by atoms with Gasteiger partial charge in [-0.05, 0) is 53.4 Å².